The predicted molar refractivity (Wildman–Crippen MR) is 106 cm³/mol. The second-order valence-corrected chi connectivity index (χ2v) is 7.14. The molecule has 0 bridgehead atoms. The number of amides is 1. The molecule has 1 aromatic heterocycles. The molecule has 2 heterocycles. The second-order valence-electron chi connectivity index (χ2n) is 6.26. The van der Waals surface area contributed by atoms with Gasteiger partial charge in [0.05, 0.1) is 18.7 Å². The van der Waals surface area contributed by atoms with Crippen LogP contribution in [0.5, 0.6) is 5.75 Å². The molecule has 0 radical (unpaired) electrons. The first-order valence-corrected chi connectivity index (χ1v) is 9.49. The van der Waals surface area contributed by atoms with Crippen molar-refractivity contribution in [3.63, 3.8) is 0 Å². The smallest absolute Gasteiger partial charge is 0.301 e. The Balaban J connectivity index is 1.91. The van der Waals surface area contributed by atoms with Gasteiger partial charge < -0.3 is 9.84 Å². The summed E-state index contributed by atoms with van der Waals surface area (Å²) in [6.45, 7) is 0. The van der Waals surface area contributed by atoms with Crippen molar-refractivity contribution >= 4 is 33.9 Å². The third-order valence-corrected chi connectivity index (χ3v) is 5.39. The van der Waals surface area contributed by atoms with Gasteiger partial charge in [-0.05, 0) is 42.0 Å². The number of methoxy groups -OCH3 is 1. The maximum Gasteiger partial charge on any atom is 0.301 e. The maximum absolute atomic E-state index is 13.3. The summed E-state index contributed by atoms with van der Waals surface area (Å²) in [5, 5.41) is 12.9. The van der Waals surface area contributed by atoms with Gasteiger partial charge in [0, 0.05) is 17.1 Å². The first-order valence-electron chi connectivity index (χ1n) is 8.61. The van der Waals surface area contributed by atoms with Crippen LogP contribution >= 0.6 is 11.3 Å². The average Bonchev–Trinajstić information content (AvgIpc) is 3.35. The number of thiazole rings is 1. The van der Waals surface area contributed by atoms with Crippen molar-refractivity contribution < 1.29 is 23.8 Å². The van der Waals surface area contributed by atoms with Crippen molar-refractivity contribution in [3.05, 3.63) is 82.6 Å². The minimum atomic E-state index is -0.878. The first kappa shape index (κ1) is 18.8. The van der Waals surface area contributed by atoms with Gasteiger partial charge in [0.1, 0.15) is 17.3 Å². The number of ketones is 1. The van der Waals surface area contributed by atoms with Crippen LogP contribution in [0.4, 0.5) is 9.52 Å². The van der Waals surface area contributed by atoms with Gasteiger partial charge >= 0.3 is 5.91 Å². The van der Waals surface area contributed by atoms with E-state index >= 15 is 0 Å². The number of carbonyl (C=O) groups is 2. The third kappa shape index (κ3) is 3.27. The van der Waals surface area contributed by atoms with Crippen molar-refractivity contribution in [1.29, 1.82) is 0 Å². The van der Waals surface area contributed by atoms with Crippen molar-refractivity contribution in [2.24, 2.45) is 0 Å². The van der Waals surface area contributed by atoms with E-state index < -0.39 is 23.5 Å². The molecule has 1 atom stereocenters. The van der Waals surface area contributed by atoms with Crippen LogP contribution in [0.3, 0.4) is 0 Å². The lowest BCUT2D eigenvalue weighted by Gasteiger charge is -2.23. The van der Waals surface area contributed by atoms with Crippen molar-refractivity contribution in [2.45, 2.75) is 6.04 Å². The molecule has 1 saturated heterocycles. The SMILES string of the molecule is COc1ccc([C@H]2C(=C(O)c3ccc(F)cc3)C(=O)C(=O)N2c2nccs2)cc1. The molecular formula is C21H15FN2O4S. The van der Waals surface area contributed by atoms with Crippen LogP contribution in [0.2, 0.25) is 0 Å². The lowest BCUT2D eigenvalue weighted by Crippen LogP contribution is -2.29. The molecule has 0 aliphatic carbocycles. The van der Waals surface area contributed by atoms with Crippen LogP contribution < -0.4 is 9.64 Å². The van der Waals surface area contributed by atoms with Crippen LogP contribution in [-0.4, -0.2) is 28.9 Å². The number of Topliss-reactive ketones (excluding diaryl/α,β-unsaturated/α-hetero) is 1. The molecule has 3 aromatic rings. The molecule has 4 rings (SSSR count). The van der Waals surface area contributed by atoms with Crippen molar-refractivity contribution in [2.75, 3.05) is 12.0 Å². The number of rotatable bonds is 4. The summed E-state index contributed by atoms with van der Waals surface area (Å²) in [4.78, 5) is 31.1. The number of ether oxygens (including phenoxy) is 1. The molecule has 1 aliphatic rings. The van der Waals surface area contributed by atoms with Crippen molar-refractivity contribution in [3.8, 4) is 5.75 Å². The highest BCUT2D eigenvalue weighted by molar-refractivity contribution is 7.14. The Morgan fingerprint density at radius 3 is 2.41 bits per heavy atom. The van der Waals surface area contributed by atoms with Gasteiger partial charge in [0.15, 0.2) is 5.13 Å². The van der Waals surface area contributed by atoms with E-state index in [-0.39, 0.29) is 16.9 Å². The van der Waals surface area contributed by atoms with Gasteiger partial charge in [-0.1, -0.05) is 12.1 Å². The zero-order valence-corrected chi connectivity index (χ0v) is 16.0. The van der Waals surface area contributed by atoms with E-state index in [1.807, 2.05) is 0 Å². The zero-order chi connectivity index (χ0) is 20.5. The summed E-state index contributed by atoms with van der Waals surface area (Å²) in [5.41, 5.74) is 0.757. The monoisotopic (exact) mass is 410 g/mol. The average molecular weight is 410 g/mol. The summed E-state index contributed by atoms with van der Waals surface area (Å²) in [7, 11) is 1.53. The van der Waals surface area contributed by atoms with Crippen LogP contribution in [0.25, 0.3) is 5.76 Å². The predicted octanol–water partition coefficient (Wildman–Crippen LogP) is 3.92. The highest BCUT2D eigenvalue weighted by Crippen LogP contribution is 2.42. The van der Waals surface area contributed by atoms with Gasteiger partial charge in [-0.2, -0.15) is 0 Å². The molecular weight excluding hydrogens is 395 g/mol. The molecule has 0 spiro atoms. The number of halogens is 1. The summed E-state index contributed by atoms with van der Waals surface area (Å²) in [6.07, 6.45) is 1.53. The Kier molecular flexibility index (Phi) is 4.85. The van der Waals surface area contributed by atoms with Gasteiger partial charge in [-0.3, -0.25) is 14.5 Å². The van der Waals surface area contributed by atoms with Gasteiger partial charge in [-0.15, -0.1) is 11.3 Å². The maximum atomic E-state index is 13.3. The minimum Gasteiger partial charge on any atom is -0.507 e. The molecule has 6 nitrogen and oxygen atoms in total. The van der Waals surface area contributed by atoms with Crippen LogP contribution in [0.15, 0.2) is 65.7 Å². The lowest BCUT2D eigenvalue weighted by atomic mass is 9.95. The van der Waals surface area contributed by atoms with Crippen molar-refractivity contribution in [1.82, 2.24) is 4.98 Å². The largest absolute Gasteiger partial charge is 0.507 e. The number of nitrogens with zero attached hydrogens (tertiary/aromatic N) is 2. The number of aliphatic hydroxyl groups excluding tert-OH is 1. The van der Waals surface area contributed by atoms with Gasteiger partial charge in [-0.25, -0.2) is 9.37 Å². The van der Waals surface area contributed by atoms with E-state index in [1.165, 1.54) is 53.8 Å². The molecule has 29 heavy (non-hydrogen) atoms. The zero-order valence-electron chi connectivity index (χ0n) is 15.2. The highest BCUT2D eigenvalue weighted by atomic mass is 32.1. The van der Waals surface area contributed by atoms with E-state index in [9.17, 15) is 19.1 Å². The molecule has 1 aliphatic heterocycles. The van der Waals surface area contributed by atoms with Gasteiger partial charge in [0.25, 0.3) is 5.78 Å². The normalized spacial score (nSPS) is 18.3. The Morgan fingerprint density at radius 1 is 1.14 bits per heavy atom. The van der Waals surface area contributed by atoms with E-state index in [0.29, 0.717) is 16.4 Å². The van der Waals surface area contributed by atoms with E-state index in [2.05, 4.69) is 4.98 Å². The Hall–Kier alpha value is -3.52. The molecule has 1 N–H and O–H groups in total. The summed E-state index contributed by atoms with van der Waals surface area (Å²) >= 11 is 1.21. The first-order chi connectivity index (χ1) is 14.0. The van der Waals surface area contributed by atoms with E-state index in [0.717, 1.165) is 0 Å². The molecule has 1 amide bonds. The minimum absolute atomic E-state index is 0.0815. The van der Waals surface area contributed by atoms with Crippen LogP contribution in [0, 0.1) is 5.82 Å². The number of hydrogen-bond acceptors (Lipinski definition) is 6. The number of aromatic nitrogens is 1. The molecule has 0 saturated carbocycles. The molecule has 146 valence electrons. The summed E-state index contributed by atoms with van der Waals surface area (Å²) in [5.74, 6) is -1.86. The van der Waals surface area contributed by atoms with E-state index in [1.54, 1.807) is 29.6 Å². The summed E-state index contributed by atoms with van der Waals surface area (Å²) in [6, 6.07) is 11.0. The van der Waals surface area contributed by atoms with Gasteiger partial charge in [0.2, 0.25) is 0 Å². The topological polar surface area (TPSA) is 79.7 Å². The molecule has 0 unspecified atom stereocenters. The van der Waals surface area contributed by atoms with Crippen LogP contribution in [0.1, 0.15) is 17.2 Å². The fourth-order valence-corrected chi connectivity index (χ4v) is 3.90. The molecule has 8 heteroatoms. The van der Waals surface area contributed by atoms with E-state index in [4.69, 9.17) is 4.74 Å². The standard InChI is InChI=1S/C21H15FN2O4S/c1-28-15-8-4-12(5-9-15)17-16(18(25)13-2-6-14(22)7-3-13)19(26)20(27)24(17)21-23-10-11-29-21/h2-11,17,25H,1H3/t17-/m0/s1. The number of anilines is 1. The highest BCUT2D eigenvalue weighted by Gasteiger charge is 2.47. The number of hydrogen-bond donors (Lipinski definition) is 1. The molecule has 1 fully saturated rings. The Labute approximate surface area is 169 Å². The lowest BCUT2D eigenvalue weighted by molar-refractivity contribution is -0.132. The third-order valence-electron chi connectivity index (χ3n) is 4.62. The number of benzene rings is 2. The Bertz CT molecular complexity index is 1090. The second kappa shape index (κ2) is 7.48. The quantitative estimate of drug-likeness (QED) is 0.401. The molecule has 2 aromatic carbocycles. The fraction of sp³-hybridized carbons (Fsp3) is 0.0952. The summed E-state index contributed by atoms with van der Waals surface area (Å²) < 4.78 is 18.5. The van der Waals surface area contributed by atoms with Crippen LogP contribution in [-0.2, 0) is 9.59 Å². The number of carbonyl (C=O) groups excluding carboxylic acids is 2. The fourth-order valence-electron chi connectivity index (χ4n) is 3.23. The Morgan fingerprint density at radius 2 is 1.83 bits per heavy atom. The number of aliphatic hydroxyl groups is 1.